The van der Waals surface area contributed by atoms with E-state index in [9.17, 15) is 4.79 Å². The fourth-order valence-electron chi connectivity index (χ4n) is 1.68. The zero-order valence-corrected chi connectivity index (χ0v) is 12.3. The molecule has 0 amide bonds. The third-order valence-electron chi connectivity index (χ3n) is 2.80. The van der Waals surface area contributed by atoms with Crippen LogP contribution in [0.3, 0.4) is 0 Å². The molecular weight excluding hydrogens is 282 g/mol. The second-order valence-corrected chi connectivity index (χ2v) is 5.55. The molecule has 4 heteroatoms. The molecule has 0 bridgehead atoms. The molecule has 0 saturated heterocycles. The Morgan fingerprint density at radius 1 is 1.10 bits per heavy atom. The highest BCUT2D eigenvalue weighted by Gasteiger charge is 2.04. The van der Waals surface area contributed by atoms with Gasteiger partial charge in [0.15, 0.2) is 0 Å². The lowest BCUT2D eigenvalue weighted by molar-refractivity contribution is -0.144. The Kier molecular flexibility index (Phi) is 5.86. The van der Waals surface area contributed by atoms with Gasteiger partial charge < -0.3 is 4.74 Å². The van der Waals surface area contributed by atoms with Crippen LogP contribution in [0, 0.1) is 11.3 Å². The molecule has 0 fully saturated rings. The smallest absolute Gasteiger partial charge is 0.306 e. The molecule has 0 heterocycles. The Morgan fingerprint density at radius 2 is 1.81 bits per heavy atom. The van der Waals surface area contributed by atoms with Crippen LogP contribution in [0.1, 0.15) is 17.5 Å². The van der Waals surface area contributed by atoms with Crippen LogP contribution in [-0.2, 0) is 16.1 Å². The largest absolute Gasteiger partial charge is 0.461 e. The number of carbonyl (C=O) groups is 1. The van der Waals surface area contributed by atoms with Crippen LogP contribution in [-0.4, -0.2) is 11.7 Å². The number of ether oxygens (including phenoxy) is 1. The monoisotopic (exact) mass is 297 g/mol. The Hall–Kier alpha value is -2.25. The van der Waals surface area contributed by atoms with Crippen LogP contribution in [0.15, 0.2) is 59.5 Å². The number of thioether (sulfide) groups is 1. The molecule has 21 heavy (non-hydrogen) atoms. The summed E-state index contributed by atoms with van der Waals surface area (Å²) in [6.45, 7) is 0.251. The number of rotatable bonds is 6. The number of hydrogen-bond acceptors (Lipinski definition) is 4. The first-order valence-electron chi connectivity index (χ1n) is 6.60. The molecule has 0 atom stereocenters. The van der Waals surface area contributed by atoms with E-state index in [2.05, 4.69) is 6.07 Å². The maximum absolute atomic E-state index is 11.6. The summed E-state index contributed by atoms with van der Waals surface area (Å²) in [7, 11) is 0. The third kappa shape index (κ3) is 5.33. The van der Waals surface area contributed by atoms with E-state index in [4.69, 9.17) is 10.00 Å². The van der Waals surface area contributed by atoms with Crippen molar-refractivity contribution in [1.29, 1.82) is 5.26 Å². The molecule has 106 valence electrons. The minimum absolute atomic E-state index is 0.206. The van der Waals surface area contributed by atoms with Crippen molar-refractivity contribution < 1.29 is 9.53 Å². The van der Waals surface area contributed by atoms with E-state index in [-0.39, 0.29) is 12.6 Å². The lowest BCUT2D eigenvalue weighted by Crippen LogP contribution is -2.05. The van der Waals surface area contributed by atoms with E-state index >= 15 is 0 Å². The summed E-state index contributed by atoms with van der Waals surface area (Å²) in [6.07, 6.45) is 0.385. The fourth-order valence-corrected chi connectivity index (χ4v) is 2.53. The molecule has 0 aromatic heterocycles. The van der Waals surface area contributed by atoms with Crippen LogP contribution in [0.2, 0.25) is 0 Å². The highest BCUT2D eigenvalue weighted by Crippen LogP contribution is 2.18. The number of hydrogen-bond donors (Lipinski definition) is 0. The Bertz CT molecular complexity index is 617. The minimum Gasteiger partial charge on any atom is -0.461 e. The van der Waals surface area contributed by atoms with Crippen LogP contribution >= 0.6 is 11.8 Å². The summed E-state index contributed by atoms with van der Waals surface area (Å²) in [5.41, 5.74) is 1.49. The Morgan fingerprint density at radius 3 is 2.48 bits per heavy atom. The maximum Gasteiger partial charge on any atom is 0.306 e. The minimum atomic E-state index is -0.206. The highest BCUT2D eigenvalue weighted by atomic mass is 32.2. The molecule has 0 saturated carbocycles. The predicted octanol–water partition coefficient (Wildman–Crippen LogP) is 3.78. The third-order valence-corrected chi connectivity index (χ3v) is 3.81. The average Bonchev–Trinajstić information content (AvgIpc) is 2.54. The van der Waals surface area contributed by atoms with E-state index in [1.807, 2.05) is 30.3 Å². The van der Waals surface area contributed by atoms with Crippen molar-refractivity contribution in [3.05, 3.63) is 65.7 Å². The van der Waals surface area contributed by atoms with E-state index in [0.717, 1.165) is 10.5 Å². The molecular formula is C17H15NO2S. The van der Waals surface area contributed by atoms with Crippen molar-refractivity contribution in [3.63, 3.8) is 0 Å². The molecule has 2 rings (SSSR count). The van der Waals surface area contributed by atoms with Crippen molar-refractivity contribution >= 4 is 17.7 Å². The SMILES string of the molecule is N#Cc1ccc(COC(=O)CCSc2ccccc2)cc1. The summed E-state index contributed by atoms with van der Waals surface area (Å²) < 4.78 is 5.20. The van der Waals surface area contributed by atoms with Gasteiger partial charge in [-0.25, -0.2) is 0 Å². The second-order valence-electron chi connectivity index (χ2n) is 4.38. The van der Waals surface area contributed by atoms with Gasteiger partial charge in [0, 0.05) is 10.6 Å². The summed E-state index contributed by atoms with van der Waals surface area (Å²) in [4.78, 5) is 12.8. The van der Waals surface area contributed by atoms with E-state index in [0.29, 0.717) is 17.7 Å². The average molecular weight is 297 g/mol. The summed E-state index contributed by atoms with van der Waals surface area (Å²) in [5.74, 6) is 0.499. The normalized spacial score (nSPS) is 9.86. The van der Waals surface area contributed by atoms with Crippen molar-refractivity contribution in [3.8, 4) is 6.07 Å². The van der Waals surface area contributed by atoms with E-state index < -0.39 is 0 Å². The van der Waals surface area contributed by atoms with Gasteiger partial charge in [-0.3, -0.25) is 4.79 Å². The molecule has 0 unspecified atom stereocenters. The van der Waals surface area contributed by atoms with Crippen molar-refractivity contribution in [1.82, 2.24) is 0 Å². The summed E-state index contributed by atoms with van der Waals surface area (Å²) >= 11 is 1.64. The topological polar surface area (TPSA) is 50.1 Å². The van der Waals surface area contributed by atoms with Gasteiger partial charge in [0.2, 0.25) is 0 Å². The standard InChI is InChI=1S/C17H15NO2S/c18-12-14-6-8-15(9-7-14)13-20-17(19)10-11-21-16-4-2-1-3-5-16/h1-9H,10-11,13H2. The van der Waals surface area contributed by atoms with Crippen LogP contribution in [0.4, 0.5) is 0 Å². The van der Waals surface area contributed by atoms with Crippen molar-refractivity contribution in [2.45, 2.75) is 17.9 Å². The molecule has 2 aromatic rings. The summed E-state index contributed by atoms with van der Waals surface area (Å²) in [6, 6.07) is 19.0. The second kappa shape index (κ2) is 8.13. The molecule has 0 radical (unpaired) electrons. The van der Waals surface area contributed by atoms with Crippen LogP contribution in [0.5, 0.6) is 0 Å². The van der Waals surface area contributed by atoms with Gasteiger partial charge in [0.25, 0.3) is 0 Å². The Labute approximate surface area is 128 Å². The molecule has 3 nitrogen and oxygen atoms in total. The lowest BCUT2D eigenvalue weighted by Gasteiger charge is -2.05. The highest BCUT2D eigenvalue weighted by molar-refractivity contribution is 7.99. The molecule has 0 aliphatic heterocycles. The molecule has 0 aliphatic carbocycles. The van der Waals surface area contributed by atoms with Gasteiger partial charge in [-0.1, -0.05) is 30.3 Å². The zero-order chi connectivity index (χ0) is 14.9. The first-order chi connectivity index (χ1) is 10.3. The zero-order valence-electron chi connectivity index (χ0n) is 11.5. The molecule has 2 aromatic carbocycles. The van der Waals surface area contributed by atoms with E-state index in [1.54, 1.807) is 36.0 Å². The first kappa shape index (κ1) is 15.1. The lowest BCUT2D eigenvalue weighted by atomic mass is 10.2. The quantitative estimate of drug-likeness (QED) is 0.601. The number of benzene rings is 2. The van der Waals surface area contributed by atoms with Gasteiger partial charge in [0.05, 0.1) is 18.1 Å². The van der Waals surface area contributed by atoms with Gasteiger partial charge in [-0.05, 0) is 29.8 Å². The van der Waals surface area contributed by atoms with Gasteiger partial charge in [-0.2, -0.15) is 5.26 Å². The Balaban J connectivity index is 1.68. The fraction of sp³-hybridized carbons (Fsp3) is 0.176. The molecule has 0 aliphatic rings. The number of nitrogens with zero attached hydrogens (tertiary/aromatic N) is 1. The van der Waals surface area contributed by atoms with Crippen molar-refractivity contribution in [2.75, 3.05) is 5.75 Å². The van der Waals surface area contributed by atoms with Gasteiger partial charge in [0.1, 0.15) is 6.61 Å². The number of nitriles is 1. The maximum atomic E-state index is 11.6. The predicted molar refractivity (Wildman–Crippen MR) is 82.7 cm³/mol. The summed E-state index contributed by atoms with van der Waals surface area (Å²) in [5, 5.41) is 8.70. The van der Waals surface area contributed by atoms with E-state index in [1.165, 1.54) is 0 Å². The number of esters is 1. The first-order valence-corrected chi connectivity index (χ1v) is 7.59. The van der Waals surface area contributed by atoms with Crippen LogP contribution in [0.25, 0.3) is 0 Å². The van der Waals surface area contributed by atoms with Crippen LogP contribution < -0.4 is 0 Å². The number of carbonyl (C=O) groups excluding carboxylic acids is 1. The molecule has 0 spiro atoms. The van der Waals surface area contributed by atoms with Gasteiger partial charge in [-0.15, -0.1) is 11.8 Å². The van der Waals surface area contributed by atoms with Gasteiger partial charge >= 0.3 is 5.97 Å². The van der Waals surface area contributed by atoms with Crippen molar-refractivity contribution in [2.24, 2.45) is 0 Å². The molecule has 0 N–H and O–H groups in total.